The Labute approximate surface area is 184 Å². The van der Waals surface area contributed by atoms with Gasteiger partial charge in [0.25, 0.3) is 5.91 Å². The Bertz CT molecular complexity index is 1060. The van der Waals surface area contributed by atoms with Crippen molar-refractivity contribution in [3.63, 3.8) is 0 Å². The van der Waals surface area contributed by atoms with Gasteiger partial charge in [0, 0.05) is 33.1 Å². The number of carbonyl (C=O) groups is 3. The van der Waals surface area contributed by atoms with Crippen LogP contribution in [0.25, 0.3) is 6.08 Å². The van der Waals surface area contributed by atoms with Crippen molar-refractivity contribution < 1.29 is 19.1 Å². The van der Waals surface area contributed by atoms with E-state index < -0.39 is 5.97 Å². The van der Waals surface area contributed by atoms with Crippen molar-refractivity contribution >= 4 is 40.8 Å². The lowest BCUT2D eigenvalue weighted by Crippen LogP contribution is -2.49. The number of rotatable bonds is 3. The van der Waals surface area contributed by atoms with E-state index in [2.05, 4.69) is 4.99 Å². The predicted octanol–water partition coefficient (Wildman–Crippen LogP) is 3.04. The van der Waals surface area contributed by atoms with Gasteiger partial charge in [-0.05, 0) is 47.7 Å². The van der Waals surface area contributed by atoms with E-state index in [9.17, 15) is 14.4 Å². The number of carbonyl (C=O) groups excluding carboxylic acids is 3. The SMILES string of the molecule is CC(=O)N1CCN(C2=NC(=O)/C(=C\c3ccc(OC(=O)c4ccccc4)cc3)S2)CC1. The number of nitrogens with zero attached hydrogens (tertiary/aromatic N) is 3. The molecule has 158 valence electrons. The van der Waals surface area contributed by atoms with Gasteiger partial charge in [-0.2, -0.15) is 4.99 Å². The van der Waals surface area contributed by atoms with Gasteiger partial charge in [-0.25, -0.2) is 4.79 Å². The van der Waals surface area contributed by atoms with Crippen molar-refractivity contribution in [2.45, 2.75) is 6.92 Å². The Morgan fingerprint density at radius 1 is 1.00 bits per heavy atom. The van der Waals surface area contributed by atoms with E-state index in [1.54, 1.807) is 66.4 Å². The van der Waals surface area contributed by atoms with Gasteiger partial charge in [-0.3, -0.25) is 9.59 Å². The lowest BCUT2D eigenvalue weighted by molar-refractivity contribution is -0.130. The highest BCUT2D eigenvalue weighted by molar-refractivity contribution is 8.18. The van der Waals surface area contributed by atoms with Crippen molar-refractivity contribution in [1.29, 1.82) is 0 Å². The second-order valence-electron chi connectivity index (χ2n) is 7.13. The average Bonchev–Trinajstić information content (AvgIpc) is 3.16. The highest BCUT2D eigenvalue weighted by atomic mass is 32.2. The lowest BCUT2D eigenvalue weighted by Gasteiger charge is -2.34. The first-order valence-electron chi connectivity index (χ1n) is 9.90. The average molecular weight is 436 g/mol. The second kappa shape index (κ2) is 9.18. The summed E-state index contributed by atoms with van der Waals surface area (Å²) in [5.41, 5.74) is 1.30. The molecule has 2 heterocycles. The van der Waals surface area contributed by atoms with Crippen LogP contribution >= 0.6 is 11.8 Å². The molecule has 31 heavy (non-hydrogen) atoms. The number of piperazine rings is 1. The van der Waals surface area contributed by atoms with Gasteiger partial charge < -0.3 is 14.5 Å². The zero-order valence-corrected chi connectivity index (χ0v) is 17.8. The van der Waals surface area contributed by atoms with E-state index in [0.717, 1.165) is 5.56 Å². The molecular weight excluding hydrogens is 414 g/mol. The van der Waals surface area contributed by atoms with Crippen LogP contribution < -0.4 is 4.74 Å². The van der Waals surface area contributed by atoms with Gasteiger partial charge in [0.2, 0.25) is 5.91 Å². The summed E-state index contributed by atoms with van der Waals surface area (Å²) >= 11 is 1.34. The second-order valence-corrected chi connectivity index (χ2v) is 8.14. The zero-order chi connectivity index (χ0) is 21.8. The third-order valence-electron chi connectivity index (χ3n) is 5.00. The lowest BCUT2D eigenvalue weighted by atomic mass is 10.2. The summed E-state index contributed by atoms with van der Waals surface area (Å²) in [6.45, 7) is 4.15. The molecule has 0 aromatic heterocycles. The highest BCUT2D eigenvalue weighted by Gasteiger charge is 2.28. The third kappa shape index (κ3) is 5.03. The topological polar surface area (TPSA) is 79.3 Å². The van der Waals surface area contributed by atoms with Crippen molar-refractivity contribution in [1.82, 2.24) is 9.80 Å². The Kier molecular flexibility index (Phi) is 6.18. The molecule has 0 bridgehead atoms. The summed E-state index contributed by atoms with van der Waals surface area (Å²) < 4.78 is 5.38. The minimum atomic E-state index is -0.420. The highest BCUT2D eigenvalue weighted by Crippen LogP contribution is 2.31. The molecule has 2 aromatic carbocycles. The number of aliphatic imine (C=N–C) groups is 1. The van der Waals surface area contributed by atoms with Crippen molar-refractivity contribution in [3.8, 4) is 5.75 Å². The number of ether oxygens (including phenoxy) is 1. The van der Waals surface area contributed by atoms with E-state index in [-0.39, 0.29) is 11.8 Å². The predicted molar refractivity (Wildman–Crippen MR) is 120 cm³/mol. The Morgan fingerprint density at radius 3 is 2.32 bits per heavy atom. The van der Waals surface area contributed by atoms with Crippen molar-refractivity contribution in [2.24, 2.45) is 4.99 Å². The van der Waals surface area contributed by atoms with Gasteiger partial charge in [0.05, 0.1) is 10.5 Å². The molecule has 2 aromatic rings. The van der Waals surface area contributed by atoms with Crippen LogP contribution in [0.3, 0.4) is 0 Å². The van der Waals surface area contributed by atoms with E-state index in [1.165, 1.54) is 11.8 Å². The number of amides is 2. The maximum Gasteiger partial charge on any atom is 0.343 e. The standard InChI is InChI=1S/C23H21N3O4S/c1-16(27)25-11-13-26(14-12-25)23-24-21(28)20(31-23)15-17-7-9-19(10-8-17)30-22(29)18-5-3-2-4-6-18/h2-10,15H,11-14H2,1H3/b20-15+. The zero-order valence-electron chi connectivity index (χ0n) is 17.0. The van der Waals surface area contributed by atoms with Gasteiger partial charge in [0.1, 0.15) is 5.75 Å². The Hall–Kier alpha value is -3.39. The van der Waals surface area contributed by atoms with Crippen LogP contribution in [0.5, 0.6) is 5.75 Å². The van der Waals surface area contributed by atoms with Crippen LogP contribution in [0.2, 0.25) is 0 Å². The molecule has 0 saturated carbocycles. The molecule has 0 aliphatic carbocycles. The Balaban J connectivity index is 1.37. The number of hydrogen-bond acceptors (Lipinski definition) is 6. The third-order valence-corrected chi connectivity index (χ3v) is 6.05. The fourth-order valence-electron chi connectivity index (χ4n) is 3.27. The minimum absolute atomic E-state index is 0.0650. The number of benzene rings is 2. The summed E-state index contributed by atoms with van der Waals surface area (Å²) in [6, 6.07) is 15.8. The fourth-order valence-corrected chi connectivity index (χ4v) is 4.23. The summed E-state index contributed by atoms with van der Waals surface area (Å²) in [4.78, 5) is 44.5. The molecule has 2 aliphatic heterocycles. The summed E-state index contributed by atoms with van der Waals surface area (Å²) in [5.74, 6) is -0.193. The number of hydrogen-bond donors (Lipinski definition) is 0. The quantitative estimate of drug-likeness (QED) is 0.419. The van der Waals surface area contributed by atoms with Crippen LogP contribution in [0.15, 0.2) is 64.5 Å². The minimum Gasteiger partial charge on any atom is -0.423 e. The van der Waals surface area contributed by atoms with E-state index in [0.29, 0.717) is 47.6 Å². The first-order valence-corrected chi connectivity index (χ1v) is 10.7. The molecule has 7 nitrogen and oxygen atoms in total. The number of thioether (sulfide) groups is 1. The molecular formula is C23H21N3O4S. The number of esters is 1. The van der Waals surface area contributed by atoms with Crippen LogP contribution in [-0.4, -0.2) is 58.9 Å². The monoisotopic (exact) mass is 435 g/mol. The molecule has 2 aliphatic rings. The summed E-state index contributed by atoms with van der Waals surface area (Å²) in [5, 5.41) is 0.674. The van der Waals surface area contributed by atoms with Crippen LogP contribution in [0.1, 0.15) is 22.8 Å². The molecule has 2 amide bonds. The van der Waals surface area contributed by atoms with Crippen LogP contribution in [-0.2, 0) is 9.59 Å². The molecule has 4 rings (SSSR count). The van der Waals surface area contributed by atoms with E-state index in [4.69, 9.17) is 4.74 Å². The van der Waals surface area contributed by atoms with Crippen LogP contribution in [0, 0.1) is 0 Å². The largest absolute Gasteiger partial charge is 0.423 e. The molecule has 0 atom stereocenters. The molecule has 0 N–H and O–H groups in total. The van der Waals surface area contributed by atoms with Gasteiger partial charge >= 0.3 is 5.97 Å². The summed E-state index contributed by atoms with van der Waals surface area (Å²) in [6.07, 6.45) is 1.78. The van der Waals surface area contributed by atoms with Crippen LogP contribution in [0.4, 0.5) is 0 Å². The maximum absolute atomic E-state index is 12.3. The van der Waals surface area contributed by atoms with Gasteiger partial charge in [-0.15, -0.1) is 0 Å². The fraction of sp³-hybridized carbons (Fsp3) is 0.217. The molecule has 1 saturated heterocycles. The van der Waals surface area contributed by atoms with Gasteiger partial charge in [-0.1, -0.05) is 30.3 Å². The maximum atomic E-state index is 12.3. The van der Waals surface area contributed by atoms with Crippen molar-refractivity contribution in [3.05, 3.63) is 70.6 Å². The molecule has 0 radical (unpaired) electrons. The van der Waals surface area contributed by atoms with Gasteiger partial charge in [0.15, 0.2) is 5.17 Å². The Morgan fingerprint density at radius 2 is 1.68 bits per heavy atom. The van der Waals surface area contributed by atoms with E-state index >= 15 is 0 Å². The molecule has 8 heteroatoms. The van der Waals surface area contributed by atoms with E-state index in [1.807, 2.05) is 11.0 Å². The van der Waals surface area contributed by atoms with Crippen molar-refractivity contribution in [2.75, 3.05) is 26.2 Å². The number of amidine groups is 1. The molecule has 1 fully saturated rings. The molecule has 0 spiro atoms. The smallest absolute Gasteiger partial charge is 0.343 e. The molecule has 0 unspecified atom stereocenters. The first-order chi connectivity index (χ1) is 15.0. The first kappa shape index (κ1) is 20.9. The normalized spacial score (nSPS) is 17.6. The summed E-state index contributed by atoms with van der Waals surface area (Å²) in [7, 11) is 0.